The van der Waals surface area contributed by atoms with Gasteiger partial charge in [0.05, 0.1) is 19.5 Å². The number of nitrogens with zero attached hydrogens (tertiary/aromatic N) is 1. The van der Waals surface area contributed by atoms with Crippen molar-refractivity contribution < 1.29 is 53.7 Å². The van der Waals surface area contributed by atoms with Crippen LogP contribution in [0.1, 0.15) is 85.9 Å². The number of carboxylic acids is 1. The van der Waals surface area contributed by atoms with Crippen LogP contribution in [-0.4, -0.2) is 128 Å². The van der Waals surface area contributed by atoms with Crippen LogP contribution in [0.2, 0.25) is 0 Å². The molecule has 0 bridgehead atoms. The van der Waals surface area contributed by atoms with E-state index in [1.54, 1.807) is 67.5 Å². The van der Waals surface area contributed by atoms with Gasteiger partial charge in [0, 0.05) is 24.7 Å². The molecular weight excluding hydrogens is 833 g/mol. The summed E-state index contributed by atoms with van der Waals surface area (Å²) in [6.07, 6.45) is 3.58. The Labute approximate surface area is 373 Å². The number of hydrogen-bond donors (Lipinski definition) is 12. The quantitative estimate of drug-likeness (QED) is 0.0519. The number of aliphatic hydroxyl groups excluding tert-OH is 1. The molecule has 1 aromatic carbocycles. The fourth-order valence-corrected chi connectivity index (χ4v) is 6.43. The molecule has 0 spiro atoms. The second-order valence-electron chi connectivity index (χ2n) is 16.8. The summed E-state index contributed by atoms with van der Waals surface area (Å²) < 4.78 is 0. The molecule has 64 heavy (non-hydrogen) atoms. The summed E-state index contributed by atoms with van der Waals surface area (Å²) in [6, 6.07) is -2.89. The molecule has 0 aliphatic heterocycles. The van der Waals surface area contributed by atoms with Gasteiger partial charge in [-0.15, -0.1) is 0 Å². The summed E-state index contributed by atoms with van der Waals surface area (Å²) in [6.45, 7) is 12.8. The first-order valence-corrected chi connectivity index (χ1v) is 21.5. The van der Waals surface area contributed by atoms with Crippen LogP contribution in [-0.2, 0) is 51.2 Å². The number of aromatic amines is 1. The fourth-order valence-electron chi connectivity index (χ4n) is 6.43. The smallest absolute Gasteiger partial charge is 0.326 e. The van der Waals surface area contributed by atoms with Gasteiger partial charge in [-0.05, 0) is 47.8 Å². The van der Waals surface area contributed by atoms with Crippen molar-refractivity contribution in [1.29, 1.82) is 0 Å². The van der Waals surface area contributed by atoms with Gasteiger partial charge in [-0.25, -0.2) is 9.78 Å². The molecule has 7 amide bonds. The van der Waals surface area contributed by atoms with Crippen molar-refractivity contribution in [3.8, 4) is 5.75 Å². The Morgan fingerprint density at radius 1 is 0.672 bits per heavy atom. The van der Waals surface area contributed by atoms with E-state index >= 15 is 0 Å². The zero-order valence-corrected chi connectivity index (χ0v) is 37.9. The van der Waals surface area contributed by atoms with Crippen LogP contribution >= 0.6 is 0 Å². The largest absolute Gasteiger partial charge is 0.508 e. The molecule has 9 atom stereocenters. The van der Waals surface area contributed by atoms with Crippen LogP contribution in [0.15, 0.2) is 36.8 Å². The number of aliphatic carboxylic acids is 1. The topological polar surface area (TPSA) is 336 Å². The molecule has 13 N–H and O–H groups in total. The van der Waals surface area contributed by atoms with E-state index in [1.807, 2.05) is 0 Å². The van der Waals surface area contributed by atoms with E-state index in [9.17, 15) is 48.6 Å². The van der Waals surface area contributed by atoms with Gasteiger partial charge in [0.1, 0.15) is 48.0 Å². The maximum absolute atomic E-state index is 14.3. The summed E-state index contributed by atoms with van der Waals surface area (Å²) in [7, 11) is 0. The average Bonchev–Trinajstić information content (AvgIpc) is 3.77. The zero-order chi connectivity index (χ0) is 48.3. The first-order valence-electron chi connectivity index (χ1n) is 21.5. The van der Waals surface area contributed by atoms with E-state index in [1.165, 1.54) is 24.7 Å². The van der Waals surface area contributed by atoms with Gasteiger partial charge < -0.3 is 63.3 Å². The van der Waals surface area contributed by atoms with Crippen molar-refractivity contribution >= 4 is 47.3 Å². The maximum atomic E-state index is 14.3. The number of carbonyl (C=O) groups is 8. The molecule has 1 aromatic heterocycles. The second-order valence-corrected chi connectivity index (χ2v) is 16.8. The number of benzene rings is 1. The van der Waals surface area contributed by atoms with Crippen LogP contribution in [0.5, 0.6) is 5.75 Å². The van der Waals surface area contributed by atoms with Crippen LogP contribution in [0.25, 0.3) is 0 Å². The van der Waals surface area contributed by atoms with E-state index in [0.29, 0.717) is 24.1 Å². The number of imidazole rings is 1. The summed E-state index contributed by atoms with van der Waals surface area (Å²) in [5.74, 6) is -8.16. The molecular formula is C43H68N10O11. The molecule has 2 aromatic rings. The summed E-state index contributed by atoms with van der Waals surface area (Å²) in [5.41, 5.74) is 6.48. The van der Waals surface area contributed by atoms with Gasteiger partial charge in [0.2, 0.25) is 41.4 Å². The summed E-state index contributed by atoms with van der Waals surface area (Å²) >= 11 is 0. The second kappa shape index (κ2) is 26.5. The van der Waals surface area contributed by atoms with Crippen molar-refractivity contribution in [3.63, 3.8) is 0 Å². The Hall–Kier alpha value is -6.09. The number of carbonyl (C=O) groups excluding carboxylic acids is 7. The standard InChI is InChI=1S/C43H68N10O11/c1-9-24(7)35(51-33(56)19-46-37(57)29(44)20-54)42(62)52-34(23(5)6)40(60)48-30(16-26-11-13-28(55)14-12-26)39(59)53-36(25(8)10-2)41(61)49-31(17-27-18-45-21-47-27)38(58)50-32(43(63)64)15-22(3)4/h11-14,18,21-25,29-32,34-36,54-55H,9-10,15-17,19-20,44H2,1-8H3,(H,45,47)(H,46,57)(H,48,60)(H,49,61)(H,50,58)(H,51,56)(H,52,62)(H,53,59)(H,63,64)/t24-,25-,29-,30-,31-,32-,34-,35-,36-/m0/s1. The Kier molecular flexibility index (Phi) is 22.4. The first kappa shape index (κ1) is 54.0. The highest BCUT2D eigenvalue weighted by Crippen LogP contribution is 2.16. The monoisotopic (exact) mass is 901 g/mol. The number of hydrogen-bond acceptors (Lipinski definition) is 12. The van der Waals surface area contributed by atoms with Crippen LogP contribution in [0, 0.1) is 23.7 Å². The van der Waals surface area contributed by atoms with Gasteiger partial charge in [-0.1, -0.05) is 80.4 Å². The number of carboxylic acid groups (broad SMARTS) is 1. The number of H-pyrrole nitrogens is 1. The van der Waals surface area contributed by atoms with Gasteiger partial charge >= 0.3 is 5.97 Å². The molecule has 2 rings (SSSR count). The van der Waals surface area contributed by atoms with Crippen molar-refractivity contribution in [3.05, 3.63) is 48.0 Å². The minimum atomic E-state index is -1.36. The lowest BCUT2D eigenvalue weighted by Gasteiger charge is -2.30. The normalized spacial score (nSPS) is 15.5. The molecule has 0 aliphatic carbocycles. The maximum Gasteiger partial charge on any atom is 0.326 e. The summed E-state index contributed by atoms with van der Waals surface area (Å²) in [4.78, 5) is 114. The number of nitrogens with two attached hydrogens (primary N) is 1. The van der Waals surface area contributed by atoms with Gasteiger partial charge in [-0.3, -0.25) is 33.6 Å². The lowest BCUT2D eigenvalue weighted by Crippen LogP contribution is -2.62. The average molecular weight is 901 g/mol. The number of phenolic OH excluding ortho intramolecular Hbond substituents is 1. The predicted molar refractivity (Wildman–Crippen MR) is 235 cm³/mol. The highest BCUT2D eigenvalue weighted by molar-refractivity contribution is 5.97. The Balaban J connectivity index is 2.42. The van der Waals surface area contributed by atoms with Gasteiger partial charge in [0.15, 0.2) is 0 Å². The SMILES string of the molecule is CC[C@H](C)[C@H](NC(=O)CNC(=O)[C@@H](N)CO)C(=O)N[C@H](C(=O)N[C@@H](Cc1ccc(O)cc1)C(=O)N[C@H](C(=O)N[C@@H](Cc1cnc[nH]1)C(=O)N[C@@H](CC(C)C)C(=O)O)[C@@H](C)CC)C(C)C. The van der Waals surface area contributed by atoms with Gasteiger partial charge in [0.25, 0.3) is 0 Å². The number of aromatic nitrogens is 2. The molecule has 0 radical (unpaired) electrons. The third-order valence-electron chi connectivity index (χ3n) is 10.8. The number of phenols is 1. The van der Waals surface area contributed by atoms with E-state index < -0.39 is 121 Å². The van der Waals surface area contributed by atoms with E-state index in [4.69, 9.17) is 10.8 Å². The number of rotatable bonds is 27. The third kappa shape index (κ3) is 17.6. The van der Waals surface area contributed by atoms with E-state index in [0.717, 1.165) is 0 Å². The molecule has 21 heteroatoms. The molecule has 0 aliphatic rings. The molecule has 0 saturated carbocycles. The number of aromatic hydroxyl groups is 1. The third-order valence-corrected chi connectivity index (χ3v) is 10.8. The minimum Gasteiger partial charge on any atom is -0.508 e. The van der Waals surface area contributed by atoms with Crippen molar-refractivity contribution in [1.82, 2.24) is 47.2 Å². The Morgan fingerprint density at radius 3 is 1.67 bits per heavy atom. The van der Waals surface area contributed by atoms with Crippen molar-refractivity contribution in [2.75, 3.05) is 13.2 Å². The number of aliphatic hydroxyl groups is 1. The van der Waals surface area contributed by atoms with Crippen LogP contribution in [0.4, 0.5) is 0 Å². The van der Waals surface area contributed by atoms with Crippen molar-refractivity contribution in [2.45, 2.75) is 130 Å². The molecule has 21 nitrogen and oxygen atoms in total. The molecule has 0 fully saturated rings. The minimum absolute atomic E-state index is 0.0449. The fraction of sp³-hybridized carbons (Fsp3) is 0.605. The van der Waals surface area contributed by atoms with Gasteiger partial charge in [-0.2, -0.15) is 0 Å². The van der Waals surface area contributed by atoms with Crippen LogP contribution in [0.3, 0.4) is 0 Å². The molecule has 1 heterocycles. The van der Waals surface area contributed by atoms with Crippen LogP contribution < -0.4 is 43.0 Å². The lowest BCUT2D eigenvalue weighted by molar-refractivity contribution is -0.143. The highest BCUT2D eigenvalue weighted by atomic mass is 16.4. The molecule has 0 unspecified atom stereocenters. The highest BCUT2D eigenvalue weighted by Gasteiger charge is 2.36. The Morgan fingerprint density at radius 2 is 1.17 bits per heavy atom. The molecule has 356 valence electrons. The van der Waals surface area contributed by atoms with Crippen molar-refractivity contribution in [2.24, 2.45) is 29.4 Å². The predicted octanol–water partition coefficient (Wildman–Crippen LogP) is -0.876. The zero-order valence-electron chi connectivity index (χ0n) is 37.9. The number of amides is 7. The summed E-state index contributed by atoms with van der Waals surface area (Å²) in [5, 5.41) is 47.1. The Bertz CT molecular complexity index is 1860. The number of nitrogens with one attached hydrogen (secondary N) is 8. The first-order chi connectivity index (χ1) is 30.1. The van der Waals surface area contributed by atoms with E-state index in [-0.39, 0.29) is 30.9 Å². The van der Waals surface area contributed by atoms with E-state index in [2.05, 4.69) is 47.2 Å². The molecule has 0 saturated heterocycles. The lowest BCUT2D eigenvalue weighted by atomic mass is 9.95.